The van der Waals surface area contributed by atoms with Gasteiger partial charge in [0.15, 0.2) is 0 Å². The van der Waals surface area contributed by atoms with Gasteiger partial charge in [-0.2, -0.15) is 0 Å². The molecule has 0 radical (unpaired) electrons. The minimum atomic E-state index is -0.332. The van der Waals surface area contributed by atoms with Gasteiger partial charge in [0.05, 0.1) is 18.6 Å². The molecule has 6 rings (SSSR count). The number of ether oxygens (including phenoxy) is 1. The van der Waals surface area contributed by atoms with Gasteiger partial charge >= 0.3 is 5.69 Å². The molecule has 1 N–H and O–H groups in total. The van der Waals surface area contributed by atoms with Gasteiger partial charge in [-0.3, -0.25) is 10.1 Å². The number of fused-ring (bicyclic) bond motifs is 3. The summed E-state index contributed by atoms with van der Waals surface area (Å²) in [4.78, 5) is 30.5. The van der Waals surface area contributed by atoms with E-state index < -0.39 is 0 Å². The van der Waals surface area contributed by atoms with Crippen molar-refractivity contribution in [3.8, 4) is 5.75 Å². The highest BCUT2D eigenvalue weighted by Gasteiger charge is 2.33. The van der Waals surface area contributed by atoms with Crippen molar-refractivity contribution in [3.63, 3.8) is 0 Å². The molecule has 36 heavy (non-hydrogen) atoms. The molecule has 2 aliphatic heterocycles. The van der Waals surface area contributed by atoms with E-state index in [-0.39, 0.29) is 10.6 Å². The lowest BCUT2D eigenvalue weighted by Crippen LogP contribution is -2.47. The summed E-state index contributed by atoms with van der Waals surface area (Å²) in [5.74, 6) is 1.59. The first-order valence-electron chi connectivity index (χ1n) is 12.1. The molecule has 0 aliphatic carbocycles. The summed E-state index contributed by atoms with van der Waals surface area (Å²) in [5.41, 5.74) is 4.56. The Labute approximate surface area is 208 Å². The van der Waals surface area contributed by atoms with Gasteiger partial charge in [0, 0.05) is 55.0 Å². The third-order valence-corrected chi connectivity index (χ3v) is 7.17. The van der Waals surface area contributed by atoms with Crippen LogP contribution in [0.25, 0.3) is 10.9 Å². The molecular formula is C26H27N7O3. The maximum Gasteiger partial charge on any atom is 0.353 e. The predicted octanol–water partition coefficient (Wildman–Crippen LogP) is 3.76. The van der Waals surface area contributed by atoms with Crippen LogP contribution >= 0.6 is 0 Å². The van der Waals surface area contributed by atoms with Crippen LogP contribution in [-0.2, 0) is 13.0 Å². The molecule has 2 aromatic heterocycles. The van der Waals surface area contributed by atoms with Gasteiger partial charge in [0.2, 0.25) is 11.6 Å². The topological polar surface area (TPSA) is 104 Å². The number of hydrogen-bond acceptors (Lipinski definition) is 8. The first-order valence-corrected chi connectivity index (χ1v) is 12.1. The average molecular weight is 486 g/mol. The molecule has 4 heterocycles. The SMILES string of the molecule is COc1ccc(N2CCN(c3ncnc(N4CCc5c([nH]c6ccccc56)C4)c3[N+](=O)[O-])CC2)cc1. The second-order valence-electron chi connectivity index (χ2n) is 9.10. The third kappa shape index (κ3) is 3.84. The molecule has 2 aromatic carbocycles. The van der Waals surface area contributed by atoms with E-state index in [0.717, 1.165) is 42.2 Å². The van der Waals surface area contributed by atoms with E-state index in [1.165, 1.54) is 17.3 Å². The predicted molar refractivity (Wildman–Crippen MR) is 139 cm³/mol. The number of anilines is 3. The Morgan fingerprint density at radius 3 is 2.33 bits per heavy atom. The van der Waals surface area contributed by atoms with E-state index >= 15 is 0 Å². The van der Waals surface area contributed by atoms with E-state index in [1.54, 1.807) is 7.11 Å². The van der Waals surface area contributed by atoms with Crippen LogP contribution in [0.1, 0.15) is 11.3 Å². The van der Waals surface area contributed by atoms with Crippen LogP contribution in [0.5, 0.6) is 5.75 Å². The highest BCUT2D eigenvalue weighted by molar-refractivity contribution is 5.85. The summed E-state index contributed by atoms with van der Waals surface area (Å²) >= 11 is 0. The molecule has 184 valence electrons. The molecule has 0 amide bonds. The summed E-state index contributed by atoms with van der Waals surface area (Å²) in [5, 5.41) is 13.5. The maximum atomic E-state index is 12.3. The summed E-state index contributed by atoms with van der Waals surface area (Å²) in [7, 11) is 1.65. The van der Waals surface area contributed by atoms with Crippen LogP contribution in [-0.4, -0.2) is 59.7 Å². The molecule has 0 unspecified atom stereocenters. The zero-order valence-electron chi connectivity index (χ0n) is 20.1. The van der Waals surface area contributed by atoms with E-state index in [2.05, 4.69) is 32.0 Å². The van der Waals surface area contributed by atoms with Crippen LogP contribution in [0.15, 0.2) is 54.9 Å². The maximum absolute atomic E-state index is 12.3. The van der Waals surface area contributed by atoms with Crippen LogP contribution < -0.4 is 19.4 Å². The molecular weight excluding hydrogens is 458 g/mol. The fourth-order valence-electron chi connectivity index (χ4n) is 5.33. The number of rotatable bonds is 5. The van der Waals surface area contributed by atoms with Gasteiger partial charge in [-0.05, 0) is 42.3 Å². The van der Waals surface area contributed by atoms with Crippen molar-refractivity contribution in [1.82, 2.24) is 15.0 Å². The summed E-state index contributed by atoms with van der Waals surface area (Å²) in [6.45, 7) is 3.96. The Hall–Kier alpha value is -4.34. The summed E-state index contributed by atoms with van der Waals surface area (Å²) < 4.78 is 5.25. The van der Waals surface area contributed by atoms with Crippen LogP contribution in [0, 0.1) is 10.1 Å². The van der Waals surface area contributed by atoms with Crippen molar-refractivity contribution in [2.45, 2.75) is 13.0 Å². The summed E-state index contributed by atoms with van der Waals surface area (Å²) in [6.07, 6.45) is 2.25. The van der Waals surface area contributed by atoms with Crippen molar-refractivity contribution in [3.05, 3.63) is 76.2 Å². The number of piperazine rings is 1. The number of nitro groups is 1. The summed E-state index contributed by atoms with van der Waals surface area (Å²) in [6, 6.07) is 16.2. The van der Waals surface area contributed by atoms with Crippen molar-refractivity contribution < 1.29 is 9.66 Å². The lowest BCUT2D eigenvalue weighted by atomic mass is 10.0. The molecule has 4 aromatic rings. The van der Waals surface area contributed by atoms with Gasteiger partial charge in [-0.1, -0.05) is 18.2 Å². The number of methoxy groups -OCH3 is 1. The lowest BCUT2D eigenvalue weighted by molar-refractivity contribution is -0.383. The standard InChI is InChI=1S/C26H27N7O3/c1-36-19-8-6-18(7-9-19)30-12-14-31(15-13-30)25-24(33(34)35)26(28-17-27-25)32-11-10-21-20-4-2-3-5-22(20)29-23(21)16-32/h2-9,17,29H,10-16H2,1H3. The number of hydrogen-bond donors (Lipinski definition) is 1. The number of H-pyrrole nitrogens is 1. The average Bonchev–Trinajstić information content (AvgIpc) is 3.30. The quantitative estimate of drug-likeness (QED) is 0.337. The van der Waals surface area contributed by atoms with Gasteiger partial charge in [0.25, 0.3) is 0 Å². The van der Waals surface area contributed by atoms with Crippen molar-refractivity contribution in [1.29, 1.82) is 0 Å². The Morgan fingerprint density at radius 1 is 0.917 bits per heavy atom. The van der Waals surface area contributed by atoms with E-state index in [9.17, 15) is 10.1 Å². The zero-order valence-corrected chi connectivity index (χ0v) is 20.1. The first-order chi connectivity index (χ1) is 17.6. The number of benzene rings is 2. The Morgan fingerprint density at radius 2 is 1.61 bits per heavy atom. The number of para-hydroxylation sites is 1. The second kappa shape index (κ2) is 9.03. The van der Waals surface area contributed by atoms with Crippen LogP contribution in [0.3, 0.4) is 0 Å². The van der Waals surface area contributed by atoms with Gasteiger partial charge in [-0.15, -0.1) is 0 Å². The van der Waals surface area contributed by atoms with Crippen molar-refractivity contribution in [2.24, 2.45) is 0 Å². The monoisotopic (exact) mass is 485 g/mol. The minimum Gasteiger partial charge on any atom is -0.497 e. The third-order valence-electron chi connectivity index (χ3n) is 7.17. The van der Waals surface area contributed by atoms with Gasteiger partial charge in [0.1, 0.15) is 12.1 Å². The molecule has 0 saturated carbocycles. The molecule has 10 nitrogen and oxygen atoms in total. The highest BCUT2D eigenvalue weighted by atomic mass is 16.6. The smallest absolute Gasteiger partial charge is 0.353 e. The molecule has 2 aliphatic rings. The number of aromatic nitrogens is 3. The molecule has 0 spiro atoms. The normalized spacial score (nSPS) is 15.8. The number of nitrogens with zero attached hydrogens (tertiary/aromatic N) is 6. The fraction of sp³-hybridized carbons (Fsp3) is 0.308. The van der Waals surface area contributed by atoms with Crippen molar-refractivity contribution in [2.75, 3.05) is 54.5 Å². The molecule has 0 bridgehead atoms. The number of nitrogens with one attached hydrogen (secondary N) is 1. The Kier molecular flexibility index (Phi) is 5.55. The second-order valence-corrected chi connectivity index (χ2v) is 9.10. The number of aromatic amines is 1. The molecule has 0 atom stereocenters. The minimum absolute atomic E-state index is 0.0186. The van der Waals surface area contributed by atoms with Crippen molar-refractivity contribution >= 4 is 33.9 Å². The molecule has 10 heteroatoms. The first kappa shape index (κ1) is 22.1. The van der Waals surface area contributed by atoms with E-state index in [0.29, 0.717) is 37.8 Å². The Balaban J connectivity index is 1.24. The highest BCUT2D eigenvalue weighted by Crippen LogP contribution is 2.38. The van der Waals surface area contributed by atoms with Crippen LogP contribution in [0.4, 0.5) is 23.0 Å². The van der Waals surface area contributed by atoms with Crippen LogP contribution in [0.2, 0.25) is 0 Å². The Bertz CT molecular complexity index is 1410. The van der Waals surface area contributed by atoms with E-state index in [4.69, 9.17) is 4.74 Å². The fourth-order valence-corrected chi connectivity index (χ4v) is 5.33. The molecule has 1 fully saturated rings. The lowest BCUT2D eigenvalue weighted by Gasteiger charge is -2.37. The van der Waals surface area contributed by atoms with Gasteiger partial charge < -0.3 is 24.4 Å². The van der Waals surface area contributed by atoms with Gasteiger partial charge in [-0.25, -0.2) is 9.97 Å². The largest absolute Gasteiger partial charge is 0.497 e. The zero-order chi connectivity index (χ0) is 24.6. The molecule has 1 saturated heterocycles. The van der Waals surface area contributed by atoms with E-state index in [1.807, 2.05) is 46.2 Å².